The lowest BCUT2D eigenvalue weighted by Crippen LogP contribution is -2.39. The second-order valence-corrected chi connectivity index (χ2v) is 9.94. The quantitative estimate of drug-likeness (QED) is 0.549. The van der Waals surface area contributed by atoms with E-state index in [1.807, 2.05) is 39.0 Å². The maximum absolute atomic E-state index is 12.6. The van der Waals surface area contributed by atoms with E-state index in [0.29, 0.717) is 37.6 Å². The van der Waals surface area contributed by atoms with Gasteiger partial charge in [-0.15, -0.1) is 0 Å². The lowest BCUT2D eigenvalue weighted by Gasteiger charge is -2.19. The molecule has 1 amide bonds. The largest absolute Gasteiger partial charge is 0.492 e. The molecule has 1 N–H and O–H groups in total. The summed E-state index contributed by atoms with van der Waals surface area (Å²) in [5, 5.41) is 2.84. The highest BCUT2D eigenvalue weighted by atomic mass is 32.2. The number of hydrogen-bond donors (Lipinski definition) is 1. The summed E-state index contributed by atoms with van der Waals surface area (Å²) >= 11 is 0. The SMILES string of the molecule is CC[C@H](Oc1cc(C)ccc1C)C(=O)NCCOc1ccc(S(=O)(=O)N2CCCC2)cc1. The van der Waals surface area contributed by atoms with E-state index in [4.69, 9.17) is 9.47 Å². The first kappa shape index (κ1) is 24.1. The molecule has 1 aliphatic heterocycles. The molecule has 1 saturated heterocycles. The number of amides is 1. The third kappa shape index (κ3) is 6.01. The molecule has 1 aliphatic rings. The van der Waals surface area contributed by atoms with Crippen molar-refractivity contribution in [1.29, 1.82) is 0 Å². The van der Waals surface area contributed by atoms with Gasteiger partial charge in [0, 0.05) is 13.1 Å². The van der Waals surface area contributed by atoms with E-state index in [2.05, 4.69) is 5.32 Å². The number of rotatable bonds is 10. The predicted octanol–water partition coefficient (Wildman–Crippen LogP) is 3.44. The van der Waals surface area contributed by atoms with Gasteiger partial charge in [0.1, 0.15) is 18.1 Å². The molecule has 8 heteroatoms. The molecule has 0 saturated carbocycles. The normalized spacial score (nSPS) is 15.3. The maximum atomic E-state index is 12.6. The number of carbonyl (C=O) groups excluding carboxylic acids is 1. The van der Waals surface area contributed by atoms with Crippen molar-refractivity contribution in [2.24, 2.45) is 0 Å². The lowest BCUT2D eigenvalue weighted by atomic mass is 10.1. The van der Waals surface area contributed by atoms with Gasteiger partial charge in [-0.3, -0.25) is 4.79 Å². The van der Waals surface area contributed by atoms with Gasteiger partial charge in [-0.05, 0) is 74.6 Å². The van der Waals surface area contributed by atoms with E-state index in [1.54, 1.807) is 24.3 Å². The summed E-state index contributed by atoms with van der Waals surface area (Å²) in [6.07, 6.45) is 1.78. The first-order valence-electron chi connectivity index (χ1n) is 11.1. The summed E-state index contributed by atoms with van der Waals surface area (Å²) in [6, 6.07) is 12.3. The number of nitrogens with one attached hydrogen (secondary N) is 1. The smallest absolute Gasteiger partial charge is 0.261 e. The Morgan fingerprint density at radius 2 is 1.78 bits per heavy atom. The molecule has 1 fully saturated rings. The van der Waals surface area contributed by atoms with Gasteiger partial charge in [-0.1, -0.05) is 19.1 Å². The van der Waals surface area contributed by atoms with Gasteiger partial charge in [0.2, 0.25) is 10.0 Å². The molecule has 7 nitrogen and oxygen atoms in total. The fourth-order valence-electron chi connectivity index (χ4n) is 3.55. The van der Waals surface area contributed by atoms with Crippen molar-refractivity contribution in [1.82, 2.24) is 9.62 Å². The Bertz CT molecular complexity index is 1020. The fraction of sp³-hybridized carbons (Fsp3) is 0.458. The molecule has 0 bridgehead atoms. The van der Waals surface area contributed by atoms with Gasteiger partial charge in [0.25, 0.3) is 5.91 Å². The number of nitrogens with zero attached hydrogens (tertiary/aromatic N) is 1. The minimum atomic E-state index is -3.43. The highest BCUT2D eigenvalue weighted by Gasteiger charge is 2.27. The molecular weight excluding hydrogens is 428 g/mol. The molecule has 1 heterocycles. The molecule has 3 rings (SSSR count). The van der Waals surface area contributed by atoms with E-state index in [0.717, 1.165) is 24.0 Å². The molecule has 0 aromatic heterocycles. The highest BCUT2D eigenvalue weighted by Crippen LogP contribution is 2.23. The zero-order valence-corrected chi connectivity index (χ0v) is 19.8. The number of carbonyl (C=O) groups is 1. The predicted molar refractivity (Wildman–Crippen MR) is 124 cm³/mol. The minimum Gasteiger partial charge on any atom is -0.492 e. The van der Waals surface area contributed by atoms with Gasteiger partial charge in [-0.2, -0.15) is 4.31 Å². The van der Waals surface area contributed by atoms with Crippen LogP contribution in [-0.4, -0.2) is 51.0 Å². The summed E-state index contributed by atoms with van der Waals surface area (Å²) < 4.78 is 38.2. The fourth-order valence-corrected chi connectivity index (χ4v) is 5.07. The Balaban J connectivity index is 1.46. The summed E-state index contributed by atoms with van der Waals surface area (Å²) in [7, 11) is -3.43. The average molecular weight is 461 g/mol. The highest BCUT2D eigenvalue weighted by molar-refractivity contribution is 7.89. The minimum absolute atomic E-state index is 0.191. The third-order valence-corrected chi connectivity index (χ3v) is 7.39. The summed E-state index contributed by atoms with van der Waals surface area (Å²) in [5.41, 5.74) is 2.06. The van der Waals surface area contributed by atoms with Gasteiger partial charge in [0.05, 0.1) is 11.4 Å². The van der Waals surface area contributed by atoms with Crippen LogP contribution in [0.25, 0.3) is 0 Å². The zero-order chi connectivity index (χ0) is 23.1. The molecule has 1 atom stereocenters. The van der Waals surface area contributed by atoms with Gasteiger partial charge in [-0.25, -0.2) is 8.42 Å². The van der Waals surface area contributed by atoms with E-state index < -0.39 is 16.1 Å². The third-order valence-electron chi connectivity index (χ3n) is 5.47. The average Bonchev–Trinajstić information content (AvgIpc) is 3.33. The van der Waals surface area contributed by atoms with Crippen LogP contribution in [0.4, 0.5) is 0 Å². The molecule has 2 aromatic carbocycles. The monoisotopic (exact) mass is 460 g/mol. The van der Waals surface area contributed by atoms with E-state index in [1.165, 1.54) is 4.31 Å². The van der Waals surface area contributed by atoms with Gasteiger partial charge < -0.3 is 14.8 Å². The van der Waals surface area contributed by atoms with E-state index in [-0.39, 0.29) is 17.4 Å². The van der Waals surface area contributed by atoms with Crippen LogP contribution in [-0.2, 0) is 14.8 Å². The standard InChI is InChI=1S/C24H32N2O5S/c1-4-22(31-23-17-18(2)7-8-19(23)3)24(27)25-13-16-30-20-9-11-21(12-10-20)32(28,29)26-14-5-6-15-26/h7-12,17,22H,4-6,13-16H2,1-3H3,(H,25,27)/t22-/m0/s1. The van der Waals surface area contributed by atoms with E-state index >= 15 is 0 Å². The first-order chi connectivity index (χ1) is 15.3. The maximum Gasteiger partial charge on any atom is 0.261 e. The molecule has 174 valence electrons. The number of hydrogen-bond acceptors (Lipinski definition) is 5. The van der Waals surface area contributed by atoms with Crippen molar-refractivity contribution in [2.45, 2.75) is 51.0 Å². The molecule has 2 aromatic rings. The van der Waals surface area contributed by atoms with Crippen LogP contribution in [0.1, 0.15) is 37.3 Å². The van der Waals surface area contributed by atoms with Crippen LogP contribution in [0.2, 0.25) is 0 Å². The Morgan fingerprint density at radius 3 is 2.44 bits per heavy atom. The van der Waals surface area contributed by atoms with Crippen LogP contribution in [0, 0.1) is 13.8 Å². The Hall–Kier alpha value is -2.58. The number of benzene rings is 2. The van der Waals surface area contributed by atoms with Crippen LogP contribution in [0.3, 0.4) is 0 Å². The summed E-state index contributed by atoms with van der Waals surface area (Å²) in [5.74, 6) is 1.08. The topological polar surface area (TPSA) is 84.9 Å². The molecule has 0 radical (unpaired) electrons. The lowest BCUT2D eigenvalue weighted by molar-refractivity contribution is -0.128. The van der Waals surface area contributed by atoms with Crippen LogP contribution in [0.15, 0.2) is 47.4 Å². The van der Waals surface area contributed by atoms with Crippen molar-refractivity contribution in [3.63, 3.8) is 0 Å². The van der Waals surface area contributed by atoms with Gasteiger partial charge >= 0.3 is 0 Å². The molecule has 32 heavy (non-hydrogen) atoms. The zero-order valence-electron chi connectivity index (χ0n) is 19.0. The second-order valence-electron chi connectivity index (χ2n) is 8.01. The summed E-state index contributed by atoms with van der Waals surface area (Å²) in [6.45, 7) is 7.58. The van der Waals surface area contributed by atoms with Crippen LogP contribution >= 0.6 is 0 Å². The number of aryl methyl sites for hydroxylation is 2. The van der Waals surface area contributed by atoms with Crippen molar-refractivity contribution in [3.05, 3.63) is 53.6 Å². The summed E-state index contributed by atoms with van der Waals surface area (Å²) in [4.78, 5) is 12.8. The molecule has 0 aliphatic carbocycles. The van der Waals surface area contributed by atoms with Crippen molar-refractivity contribution < 1.29 is 22.7 Å². The van der Waals surface area contributed by atoms with Gasteiger partial charge in [0.15, 0.2) is 6.10 Å². The molecule has 0 spiro atoms. The molecular formula is C24H32N2O5S. The van der Waals surface area contributed by atoms with Crippen molar-refractivity contribution >= 4 is 15.9 Å². The van der Waals surface area contributed by atoms with E-state index in [9.17, 15) is 13.2 Å². The Kier molecular flexibility index (Phi) is 8.15. The van der Waals surface area contributed by atoms with Crippen molar-refractivity contribution in [2.75, 3.05) is 26.2 Å². The number of sulfonamides is 1. The van der Waals surface area contributed by atoms with Crippen LogP contribution in [0.5, 0.6) is 11.5 Å². The first-order valence-corrected chi connectivity index (χ1v) is 12.5. The molecule has 0 unspecified atom stereocenters. The Labute approximate surface area is 190 Å². The number of ether oxygens (including phenoxy) is 2. The second kappa shape index (κ2) is 10.8. The van der Waals surface area contributed by atoms with Crippen molar-refractivity contribution in [3.8, 4) is 11.5 Å². The Morgan fingerprint density at radius 1 is 1.09 bits per heavy atom. The van der Waals surface area contributed by atoms with Crippen LogP contribution < -0.4 is 14.8 Å².